The van der Waals surface area contributed by atoms with E-state index >= 15 is 0 Å². The first kappa shape index (κ1) is 12.0. The molecule has 0 nitrogen and oxygen atoms in total. The molecule has 1 aromatic rings. The van der Waals surface area contributed by atoms with E-state index in [2.05, 4.69) is 68.1 Å². The average molecular weight is 321 g/mol. The van der Waals surface area contributed by atoms with Gasteiger partial charge in [-0.3, -0.25) is 0 Å². The number of hydrogen-bond donors (Lipinski definition) is 0. The topological polar surface area (TPSA) is 0 Å². The monoisotopic (exact) mass is 320 g/mol. The SMILES string of the molecule is CC1=[C](C(C)(C)C)[Sb]([c]2ccccc2)[CH]=C1. The molecular weight excluding hydrogens is 302 g/mol. The summed E-state index contributed by atoms with van der Waals surface area (Å²) in [6.45, 7) is 9.31. The third-order valence-corrected chi connectivity index (χ3v) is 10.8. The maximum absolute atomic E-state index is 2.51. The van der Waals surface area contributed by atoms with Crippen molar-refractivity contribution in [1.29, 1.82) is 0 Å². The summed E-state index contributed by atoms with van der Waals surface area (Å²) in [5.41, 5.74) is 1.84. The van der Waals surface area contributed by atoms with E-state index in [9.17, 15) is 0 Å². The molecule has 0 saturated carbocycles. The molecule has 1 aliphatic rings. The van der Waals surface area contributed by atoms with Crippen molar-refractivity contribution in [3.8, 4) is 0 Å². The predicted molar refractivity (Wildman–Crippen MR) is 73.1 cm³/mol. The van der Waals surface area contributed by atoms with Gasteiger partial charge in [-0.1, -0.05) is 0 Å². The van der Waals surface area contributed by atoms with Gasteiger partial charge < -0.3 is 0 Å². The Labute approximate surface area is 106 Å². The fraction of sp³-hybridized carbons (Fsp3) is 0.333. The van der Waals surface area contributed by atoms with Gasteiger partial charge in [0, 0.05) is 0 Å². The summed E-state index contributed by atoms with van der Waals surface area (Å²) in [6.07, 6.45) is 2.34. The van der Waals surface area contributed by atoms with E-state index in [1.54, 1.807) is 7.03 Å². The molecular formula is C15H19Sb. The van der Waals surface area contributed by atoms with Crippen LogP contribution in [-0.4, -0.2) is 20.2 Å². The van der Waals surface area contributed by atoms with Crippen molar-refractivity contribution >= 4 is 23.7 Å². The molecule has 0 atom stereocenters. The van der Waals surface area contributed by atoms with E-state index in [0.29, 0.717) is 5.41 Å². The molecule has 0 radical (unpaired) electrons. The van der Waals surface area contributed by atoms with Crippen LogP contribution in [0.15, 0.2) is 49.5 Å². The van der Waals surface area contributed by atoms with Crippen molar-refractivity contribution in [2.75, 3.05) is 0 Å². The van der Waals surface area contributed by atoms with Crippen LogP contribution in [0.25, 0.3) is 0 Å². The number of allylic oxidation sites excluding steroid dienone is 3. The van der Waals surface area contributed by atoms with E-state index in [4.69, 9.17) is 0 Å². The first-order valence-corrected chi connectivity index (χ1v) is 9.76. The maximum atomic E-state index is 2.51. The van der Waals surface area contributed by atoms with Crippen molar-refractivity contribution in [1.82, 2.24) is 0 Å². The second-order valence-corrected chi connectivity index (χ2v) is 11.0. The Hall–Kier alpha value is -0.482. The molecule has 1 aliphatic heterocycles. The Balaban J connectivity index is 2.42. The van der Waals surface area contributed by atoms with Crippen LogP contribution in [0, 0.1) is 5.41 Å². The van der Waals surface area contributed by atoms with Gasteiger partial charge in [-0.05, 0) is 0 Å². The molecule has 84 valence electrons. The third-order valence-electron chi connectivity index (χ3n) is 2.83. The summed E-state index contributed by atoms with van der Waals surface area (Å²) in [5.74, 6) is 0. The standard InChI is InChI=1S/C9H14.C6H5.Sb/c1-6-8(2)7-9(3,4)5;1-2-4-6-5-3-1;/h1,6H,2-5H3;1-5H;. The minimum absolute atomic E-state index is 0.326. The van der Waals surface area contributed by atoms with Crippen molar-refractivity contribution in [2.24, 2.45) is 5.41 Å². The van der Waals surface area contributed by atoms with Crippen LogP contribution in [-0.2, 0) is 0 Å². The second kappa shape index (κ2) is 4.41. The normalized spacial score (nSPS) is 17.2. The molecule has 0 fully saturated rings. The molecule has 0 N–H and O–H groups in total. The summed E-state index contributed by atoms with van der Waals surface area (Å²) < 4.78 is 5.83. The summed E-state index contributed by atoms with van der Waals surface area (Å²) >= 11 is -1.52. The zero-order valence-corrected chi connectivity index (χ0v) is 13.0. The third kappa shape index (κ3) is 2.27. The van der Waals surface area contributed by atoms with Crippen LogP contribution in [0.5, 0.6) is 0 Å². The molecule has 0 spiro atoms. The Kier molecular flexibility index (Phi) is 3.31. The van der Waals surface area contributed by atoms with Crippen molar-refractivity contribution < 1.29 is 0 Å². The Bertz CT molecular complexity index is 432. The van der Waals surface area contributed by atoms with Crippen molar-refractivity contribution in [2.45, 2.75) is 27.7 Å². The molecule has 0 amide bonds. The summed E-state index contributed by atoms with van der Waals surface area (Å²) in [5, 5.41) is 0. The van der Waals surface area contributed by atoms with Crippen LogP contribution in [0.4, 0.5) is 0 Å². The van der Waals surface area contributed by atoms with Gasteiger partial charge in [-0.2, -0.15) is 0 Å². The molecule has 1 aromatic carbocycles. The molecule has 16 heavy (non-hydrogen) atoms. The fourth-order valence-electron chi connectivity index (χ4n) is 2.29. The average Bonchev–Trinajstić information content (AvgIpc) is 2.61. The van der Waals surface area contributed by atoms with E-state index < -0.39 is 20.2 Å². The number of benzene rings is 1. The van der Waals surface area contributed by atoms with E-state index in [0.717, 1.165) is 0 Å². The Morgan fingerprint density at radius 2 is 1.62 bits per heavy atom. The molecule has 0 bridgehead atoms. The van der Waals surface area contributed by atoms with Crippen LogP contribution in [0.1, 0.15) is 27.7 Å². The first-order chi connectivity index (χ1) is 7.50. The second-order valence-electron chi connectivity index (χ2n) is 5.30. The zero-order chi connectivity index (χ0) is 11.8. The van der Waals surface area contributed by atoms with Crippen LogP contribution in [0.3, 0.4) is 0 Å². The van der Waals surface area contributed by atoms with Crippen molar-refractivity contribution in [3.05, 3.63) is 49.5 Å². The van der Waals surface area contributed by atoms with Gasteiger partial charge in [0.1, 0.15) is 0 Å². The molecule has 1 heterocycles. The van der Waals surface area contributed by atoms with Crippen LogP contribution < -0.4 is 3.51 Å². The molecule has 0 aliphatic carbocycles. The van der Waals surface area contributed by atoms with Gasteiger partial charge in [0.15, 0.2) is 0 Å². The molecule has 2 rings (SSSR count). The van der Waals surface area contributed by atoms with Gasteiger partial charge in [-0.15, -0.1) is 0 Å². The number of hydrogen-bond acceptors (Lipinski definition) is 0. The predicted octanol–water partition coefficient (Wildman–Crippen LogP) is 3.40. The van der Waals surface area contributed by atoms with E-state index in [1.165, 1.54) is 5.57 Å². The Morgan fingerprint density at radius 3 is 2.19 bits per heavy atom. The first-order valence-electron chi connectivity index (χ1n) is 5.74. The van der Waals surface area contributed by atoms with E-state index in [-0.39, 0.29) is 0 Å². The number of rotatable bonds is 1. The summed E-state index contributed by atoms with van der Waals surface area (Å²) in [6, 6.07) is 11.1. The van der Waals surface area contributed by atoms with Crippen molar-refractivity contribution in [3.63, 3.8) is 0 Å². The molecule has 1 heteroatoms. The fourth-order valence-corrected chi connectivity index (χ4v) is 9.77. The minimum atomic E-state index is -1.52. The quantitative estimate of drug-likeness (QED) is 0.696. The molecule has 0 saturated heterocycles. The van der Waals surface area contributed by atoms with Crippen LogP contribution >= 0.6 is 0 Å². The van der Waals surface area contributed by atoms with Gasteiger partial charge in [-0.25, -0.2) is 0 Å². The summed E-state index contributed by atoms with van der Waals surface area (Å²) in [7, 11) is 0. The van der Waals surface area contributed by atoms with Gasteiger partial charge >= 0.3 is 106 Å². The van der Waals surface area contributed by atoms with Gasteiger partial charge in [0.25, 0.3) is 0 Å². The molecule has 0 aromatic heterocycles. The zero-order valence-electron chi connectivity index (χ0n) is 10.5. The van der Waals surface area contributed by atoms with Crippen LogP contribution in [0.2, 0.25) is 0 Å². The molecule has 0 unspecified atom stereocenters. The van der Waals surface area contributed by atoms with Gasteiger partial charge in [0.2, 0.25) is 0 Å². The van der Waals surface area contributed by atoms with E-state index in [1.807, 2.05) is 0 Å². The Morgan fingerprint density at radius 1 is 1.00 bits per heavy atom. The van der Waals surface area contributed by atoms with Gasteiger partial charge in [0.05, 0.1) is 0 Å². The summed E-state index contributed by atoms with van der Waals surface area (Å²) in [4.78, 5) is 0.